The maximum absolute atomic E-state index is 15.9. The molecule has 0 fully saturated rings. The number of rotatable bonds is 6. The van der Waals surface area contributed by atoms with Crippen LogP contribution < -0.4 is 5.32 Å². The second kappa shape index (κ2) is 8.44. The summed E-state index contributed by atoms with van der Waals surface area (Å²) in [6.45, 7) is 3.57. The lowest BCUT2D eigenvalue weighted by Gasteiger charge is -2.07. The van der Waals surface area contributed by atoms with Crippen molar-refractivity contribution in [3.63, 3.8) is 0 Å². The molecular formula is C25H20FN7S. The van der Waals surface area contributed by atoms with Crippen LogP contribution in [-0.4, -0.2) is 36.7 Å². The number of halogens is 1. The van der Waals surface area contributed by atoms with E-state index in [4.69, 9.17) is 0 Å². The van der Waals surface area contributed by atoms with Crippen LogP contribution in [0.25, 0.3) is 55.2 Å². The highest BCUT2D eigenvalue weighted by Crippen LogP contribution is 2.35. The molecule has 0 atom stereocenters. The first-order valence-electron chi connectivity index (χ1n) is 10.9. The summed E-state index contributed by atoms with van der Waals surface area (Å²) in [6.07, 6.45) is 5.20. The summed E-state index contributed by atoms with van der Waals surface area (Å²) < 4.78 is 15.9. The molecule has 3 N–H and O–H groups in total. The standard InChI is InChI=1S/C25H20FN7S/c1-2-27-11-14-10-15(13-28-12-14)16-5-6-18-20(21(16)26)23(33-32-18)25-30-22-17(19-4-3-9-34-19)7-8-29-24(22)31-25/h3-10,12-13,27H,2,11H2,1H3,(H,32,33)(H,29,30,31). The second-order valence-corrected chi connectivity index (χ2v) is 8.85. The summed E-state index contributed by atoms with van der Waals surface area (Å²) in [5.41, 5.74) is 5.56. The Morgan fingerprint density at radius 2 is 2.06 bits per heavy atom. The van der Waals surface area contributed by atoms with E-state index in [0.717, 1.165) is 28.1 Å². The Hall–Kier alpha value is -3.95. The number of hydrogen-bond donors (Lipinski definition) is 3. The molecule has 0 saturated carbocycles. The van der Waals surface area contributed by atoms with Crippen LogP contribution in [0.2, 0.25) is 0 Å². The molecule has 0 aliphatic heterocycles. The van der Waals surface area contributed by atoms with Gasteiger partial charge in [0.05, 0.1) is 16.4 Å². The van der Waals surface area contributed by atoms with Gasteiger partial charge in [-0.3, -0.25) is 10.1 Å². The van der Waals surface area contributed by atoms with Gasteiger partial charge in [0.2, 0.25) is 0 Å². The minimum atomic E-state index is -0.365. The van der Waals surface area contributed by atoms with Crippen molar-refractivity contribution in [2.24, 2.45) is 0 Å². The molecule has 0 aliphatic rings. The molecule has 5 heterocycles. The largest absolute Gasteiger partial charge is 0.335 e. The van der Waals surface area contributed by atoms with Crippen LogP contribution >= 0.6 is 11.3 Å². The van der Waals surface area contributed by atoms with Crippen molar-refractivity contribution in [2.45, 2.75) is 13.5 Å². The van der Waals surface area contributed by atoms with Gasteiger partial charge in [-0.25, -0.2) is 14.4 Å². The minimum Gasteiger partial charge on any atom is -0.335 e. The Morgan fingerprint density at radius 1 is 1.12 bits per heavy atom. The van der Waals surface area contributed by atoms with Gasteiger partial charge in [0.1, 0.15) is 11.5 Å². The highest BCUT2D eigenvalue weighted by Gasteiger charge is 2.20. The minimum absolute atomic E-state index is 0.365. The molecule has 9 heteroatoms. The van der Waals surface area contributed by atoms with Crippen molar-refractivity contribution in [3.8, 4) is 33.1 Å². The monoisotopic (exact) mass is 469 g/mol. The predicted molar refractivity (Wildman–Crippen MR) is 133 cm³/mol. The average Bonchev–Trinajstić information content (AvgIpc) is 3.62. The summed E-state index contributed by atoms with van der Waals surface area (Å²) in [5.74, 6) is 0.100. The molecule has 0 saturated heterocycles. The molecule has 34 heavy (non-hydrogen) atoms. The first-order chi connectivity index (χ1) is 16.7. The van der Waals surface area contributed by atoms with Crippen molar-refractivity contribution >= 4 is 33.4 Å². The number of aromatic nitrogens is 6. The third-order valence-corrected chi connectivity index (χ3v) is 6.66. The SMILES string of the molecule is CCNCc1cncc(-c2ccc3[nH]nc(-c4nc5nccc(-c6cccs6)c5[nH]4)c3c2F)c1. The van der Waals surface area contributed by atoms with Crippen molar-refractivity contribution in [3.05, 3.63) is 71.7 Å². The van der Waals surface area contributed by atoms with Crippen LogP contribution in [0.15, 0.2) is 60.4 Å². The number of fused-ring (bicyclic) bond motifs is 2. The number of thiophene rings is 1. The van der Waals surface area contributed by atoms with E-state index in [1.807, 2.05) is 42.6 Å². The van der Waals surface area contributed by atoms with Gasteiger partial charge in [0, 0.05) is 46.7 Å². The number of hydrogen-bond acceptors (Lipinski definition) is 6. The Morgan fingerprint density at radius 3 is 2.91 bits per heavy atom. The maximum Gasteiger partial charge on any atom is 0.178 e. The molecule has 0 bridgehead atoms. The highest BCUT2D eigenvalue weighted by molar-refractivity contribution is 7.13. The molecule has 0 amide bonds. The Bertz CT molecular complexity index is 1620. The van der Waals surface area contributed by atoms with Crippen molar-refractivity contribution < 1.29 is 4.39 Å². The van der Waals surface area contributed by atoms with E-state index < -0.39 is 0 Å². The molecule has 0 radical (unpaired) electrons. The quantitative estimate of drug-likeness (QED) is 0.298. The van der Waals surface area contributed by atoms with Gasteiger partial charge in [0.25, 0.3) is 0 Å². The molecule has 1 aromatic carbocycles. The number of imidazole rings is 1. The number of nitrogens with one attached hydrogen (secondary N) is 3. The van der Waals surface area contributed by atoms with Crippen molar-refractivity contribution in [1.29, 1.82) is 0 Å². The zero-order chi connectivity index (χ0) is 23.1. The molecular weight excluding hydrogens is 449 g/mol. The smallest absolute Gasteiger partial charge is 0.178 e. The molecule has 5 aromatic heterocycles. The van der Waals surface area contributed by atoms with Crippen LogP contribution in [0.1, 0.15) is 12.5 Å². The summed E-state index contributed by atoms with van der Waals surface area (Å²) in [5, 5.41) is 13.0. The van der Waals surface area contributed by atoms with Crippen LogP contribution in [0, 0.1) is 5.82 Å². The van der Waals surface area contributed by atoms with Crippen LogP contribution in [-0.2, 0) is 6.54 Å². The Labute approximate surface area is 198 Å². The molecule has 6 rings (SSSR count). The Kier molecular flexibility index (Phi) is 5.12. The van der Waals surface area contributed by atoms with Crippen LogP contribution in [0.4, 0.5) is 4.39 Å². The summed E-state index contributed by atoms with van der Waals surface area (Å²) >= 11 is 1.64. The van der Waals surface area contributed by atoms with Gasteiger partial charge in [-0.15, -0.1) is 11.3 Å². The van der Waals surface area contributed by atoms with Gasteiger partial charge in [-0.2, -0.15) is 5.10 Å². The van der Waals surface area contributed by atoms with E-state index in [1.54, 1.807) is 36.0 Å². The third kappa shape index (κ3) is 3.46. The van der Waals surface area contributed by atoms with Gasteiger partial charge >= 0.3 is 0 Å². The van der Waals surface area contributed by atoms with Crippen molar-refractivity contribution in [1.82, 2.24) is 35.5 Å². The highest BCUT2D eigenvalue weighted by atomic mass is 32.1. The number of benzene rings is 1. The predicted octanol–water partition coefficient (Wildman–Crippen LogP) is 5.54. The van der Waals surface area contributed by atoms with Crippen molar-refractivity contribution in [2.75, 3.05) is 6.54 Å². The van der Waals surface area contributed by atoms with E-state index in [-0.39, 0.29) is 5.82 Å². The lowest BCUT2D eigenvalue weighted by atomic mass is 10.0. The molecule has 0 aliphatic carbocycles. The average molecular weight is 470 g/mol. The normalized spacial score (nSPS) is 11.6. The van der Waals surface area contributed by atoms with E-state index in [1.165, 1.54) is 0 Å². The zero-order valence-electron chi connectivity index (χ0n) is 18.3. The van der Waals surface area contributed by atoms with Gasteiger partial charge in [-0.1, -0.05) is 13.0 Å². The topological polar surface area (TPSA) is 95.2 Å². The van der Waals surface area contributed by atoms with E-state index in [0.29, 0.717) is 45.7 Å². The maximum atomic E-state index is 15.9. The van der Waals surface area contributed by atoms with E-state index in [2.05, 4.69) is 35.5 Å². The number of pyridine rings is 2. The van der Waals surface area contributed by atoms with Gasteiger partial charge < -0.3 is 10.3 Å². The summed E-state index contributed by atoms with van der Waals surface area (Å²) in [7, 11) is 0. The number of aromatic amines is 2. The molecule has 6 aromatic rings. The lowest BCUT2D eigenvalue weighted by molar-refractivity contribution is 0.643. The second-order valence-electron chi connectivity index (χ2n) is 7.90. The number of nitrogens with zero attached hydrogens (tertiary/aromatic N) is 4. The fourth-order valence-corrected chi connectivity index (χ4v) is 4.89. The molecule has 0 spiro atoms. The van der Waals surface area contributed by atoms with Crippen LogP contribution in [0.3, 0.4) is 0 Å². The van der Waals surface area contributed by atoms with E-state index >= 15 is 4.39 Å². The fraction of sp³-hybridized carbons (Fsp3) is 0.120. The van der Waals surface area contributed by atoms with E-state index in [9.17, 15) is 0 Å². The van der Waals surface area contributed by atoms with Crippen LogP contribution in [0.5, 0.6) is 0 Å². The molecule has 7 nitrogen and oxygen atoms in total. The van der Waals surface area contributed by atoms with Gasteiger partial charge in [0.15, 0.2) is 11.5 Å². The fourth-order valence-electron chi connectivity index (χ4n) is 4.13. The van der Waals surface area contributed by atoms with Gasteiger partial charge in [-0.05, 0) is 47.8 Å². The lowest BCUT2D eigenvalue weighted by Crippen LogP contribution is -2.11. The molecule has 168 valence electrons. The number of H-pyrrole nitrogens is 2. The first-order valence-corrected chi connectivity index (χ1v) is 11.8. The summed E-state index contributed by atoms with van der Waals surface area (Å²) in [6, 6.07) is 11.5. The Balaban J connectivity index is 1.48. The first kappa shape index (κ1) is 20.6. The molecule has 0 unspecified atom stereocenters. The summed E-state index contributed by atoms with van der Waals surface area (Å²) in [4.78, 5) is 17.8. The third-order valence-electron chi connectivity index (χ3n) is 5.75. The zero-order valence-corrected chi connectivity index (χ0v) is 19.1.